The van der Waals surface area contributed by atoms with Gasteiger partial charge in [0.25, 0.3) is 0 Å². The normalized spacial score (nSPS) is 12.4. The van der Waals surface area contributed by atoms with Crippen LogP contribution in [0.15, 0.2) is 224 Å². The first kappa shape index (κ1) is 35.2. The summed E-state index contributed by atoms with van der Waals surface area (Å²) in [6.07, 6.45) is 0. The smallest absolute Gasteiger partial charge is 0.0618 e. The van der Waals surface area contributed by atoms with E-state index in [0.29, 0.717) is 0 Å². The Kier molecular flexibility index (Phi) is 8.92. The molecule has 0 radical (unpaired) electrons. The Morgan fingerprint density at radius 3 is 1.31 bits per heavy atom. The van der Waals surface area contributed by atoms with Gasteiger partial charge in [-0.2, -0.15) is 0 Å². The predicted molar refractivity (Wildman–Crippen MR) is 246 cm³/mol. The number of anilines is 3. The molecular formula is C57H43N. The molecule has 0 heterocycles. The SMILES string of the molecule is CC1(C)c2ccccc2-c2c(-c3cccc(N(c4ccc(-c5ccccc5)cc4)c4c(-c5ccccc5)cccc4-c4ccccc4)c3-c3ccccc3)cccc21. The Morgan fingerprint density at radius 2 is 0.707 bits per heavy atom. The predicted octanol–water partition coefficient (Wildman–Crippen LogP) is 15.8. The topological polar surface area (TPSA) is 3.24 Å². The van der Waals surface area contributed by atoms with Crippen LogP contribution in [0.3, 0.4) is 0 Å². The molecule has 0 atom stereocenters. The maximum Gasteiger partial charge on any atom is 0.0618 e. The molecule has 0 unspecified atom stereocenters. The summed E-state index contributed by atoms with van der Waals surface area (Å²) in [6.45, 7) is 4.73. The zero-order valence-electron chi connectivity index (χ0n) is 32.8. The van der Waals surface area contributed by atoms with Crippen LogP contribution >= 0.6 is 0 Å². The van der Waals surface area contributed by atoms with Crippen molar-refractivity contribution in [1.29, 1.82) is 0 Å². The molecule has 9 aromatic carbocycles. The first-order valence-corrected chi connectivity index (χ1v) is 20.2. The Labute approximate surface area is 342 Å². The van der Waals surface area contributed by atoms with Crippen LogP contribution in [0.25, 0.3) is 66.8 Å². The lowest BCUT2D eigenvalue weighted by molar-refractivity contribution is 0.660. The van der Waals surface area contributed by atoms with Gasteiger partial charge in [0.05, 0.1) is 11.4 Å². The van der Waals surface area contributed by atoms with Crippen LogP contribution in [0.4, 0.5) is 17.1 Å². The van der Waals surface area contributed by atoms with Crippen molar-refractivity contribution in [1.82, 2.24) is 0 Å². The zero-order valence-corrected chi connectivity index (χ0v) is 32.8. The first-order valence-electron chi connectivity index (χ1n) is 20.2. The lowest BCUT2D eigenvalue weighted by Crippen LogP contribution is -2.15. The summed E-state index contributed by atoms with van der Waals surface area (Å²) in [4.78, 5) is 2.52. The highest BCUT2D eigenvalue weighted by Gasteiger charge is 2.37. The number of para-hydroxylation sites is 1. The minimum atomic E-state index is -0.113. The quantitative estimate of drug-likeness (QED) is 0.150. The van der Waals surface area contributed by atoms with Crippen molar-refractivity contribution < 1.29 is 0 Å². The van der Waals surface area contributed by atoms with Gasteiger partial charge in [0.2, 0.25) is 0 Å². The van der Waals surface area contributed by atoms with E-state index in [2.05, 4.69) is 243 Å². The summed E-state index contributed by atoms with van der Waals surface area (Å²) < 4.78 is 0. The Balaban J connectivity index is 1.31. The van der Waals surface area contributed by atoms with E-state index >= 15 is 0 Å². The van der Waals surface area contributed by atoms with Crippen LogP contribution in [-0.2, 0) is 5.41 Å². The molecule has 1 aliphatic carbocycles. The van der Waals surface area contributed by atoms with E-state index in [1.54, 1.807) is 0 Å². The van der Waals surface area contributed by atoms with Gasteiger partial charge in [0.1, 0.15) is 0 Å². The molecule has 0 bridgehead atoms. The summed E-state index contributed by atoms with van der Waals surface area (Å²) in [6, 6.07) is 81.9. The maximum atomic E-state index is 2.52. The summed E-state index contributed by atoms with van der Waals surface area (Å²) in [5, 5.41) is 0. The molecule has 0 aromatic heterocycles. The number of benzene rings is 9. The van der Waals surface area contributed by atoms with Crippen LogP contribution in [0, 0.1) is 0 Å². The van der Waals surface area contributed by atoms with Gasteiger partial charge in [-0.3, -0.25) is 0 Å². The van der Waals surface area contributed by atoms with E-state index in [-0.39, 0.29) is 5.41 Å². The molecule has 1 aliphatic rings. The van der Waals surface area contributed by atoms with Crippen molar-refractivity contribution in [2.24, 2.45) is 0 Å². The molecule has 1 nitrogen and oxygen atoms in total. The van der Waals surface area contributed by atoms with Crippen LogP contribution < -0.4 is 4.90 Å². The lowest BCUT2D eigenvalue weighted by Gasteiger charge is -2.33. The Morgan fingerprint density at radius 1 is 0.293 bits per heavy atom. The fourth-order valence-electron chi connectivity index (χ4n) is 9.15. The molecule has 0 spiro atoms. The van der Waals surface area contributed by atoms with E-state index < -0.39 is 0 Å². The summed E-state index contributed by atoms with van der Waals surface area (Å²) >= 11 is 0. The second-order valence-electron chi connectivity index (χ2n) is 15.6. The molecule has 0 saturated carbocycles. The van der Waals surface area contributed by atoms with Crippen LogP contribution in [0.1, 0.15) is 25.0 Å². The highest BCUT2D eigenvalue weighted by Crippen LogP contribution is 2.55. The highest BCUT2D eigenvalue weighted by atomic mass is 15.2. The highest BCUT2D eigenvalue weighted by molar-refractivity contribution is 6.05. The van der Waals surface area contributed by atoms with Crippen molar-refractivity contribution >= 4 is 17.1 Å². The Hall–Kier alpha value is -7.22. The van der Waals surface area contributed by atoms with Gasteiger partial charge < -0.3 is 4.90 Å². The van der Waals surface area contributed by atoms with Crippen molar-refractivity contribution in [2.45, 2.75) is 19.3 Å². The molecule has 1 heteroatoms. The molecule has 10 rings (SSSR count). The number of fused-ring (bicyclic) bond motifs is 3. The summed E-state index contributed by atoms with van der Waals surface area (Å²) in [5.41, 5.74) is 20.4. The van der Waals surface area contributed by atoms with E-state index in [1.165, 1.54) is 66.8 Å². The number of hydrogen-bond acceptors (Lipinski definition) is 1. The minimum absolute atomic E-state index is 0.113. The van der Waals surface area contributed by atoms with Crippen molar-refractivity contribution in [3.63, 3.8) is 0 Å². The molecule has 58 heavy (non-hydrogen) atoms. The van der Waals surface area contributed by atoms with Gasteiger partial charge in [0, 0.05) is 27.8 Å². The van der Waals surface area contributed by atoms with E-state index in [4.69, 9.17) is 0 Å². The Bertz CT molecular complexity index is 2820. The van der Waals surface area contributed by atoms with E-state index in [0.717, 1.165) is 28.2 Å². The van der Waals surface area contributed by atoms with Crippen LogP contribution in [0.5, 0.6) is 0 Å². The molecular weight excluding hydrogens is 699 g/mol. The third kappa shape index (κ3) is 6.04. The minimum Gasteiger partial charge on any atom is -0.309 e. The molecule has 0 N–H and O–H groups in total. The summed E-state index contributed by atoms with van der Waals surface area (Å²) in [5.74, 6) is 0. The maximum absolute atomic E-state index is 2.52. The van der Waals surface area contributed by atoms with Gasteiger partial charge >= 0.3 is 0 Å². The number of nitrogens with zero attached hydrogens (tertiary/aromatic N) is 1. The van der Waals surface area contributed by atoms with Gasteiger partial charge in [-0.15, -0.1) is 0 Å². The second-order valence-corrected chi connectivity index (χ2v) is 15.6. The van der Waals surface area contributed by atoms with E-state index in [9.17, 15) is 0 Å². The van der Waals surface area contributed by atoms with E-state index in [1.807, 2.05) is 0 Å². The fourth-order valence-corrected chi connectivity index (χ4v) is 9.15. The molecule has 276 valence electrons. The molecule has 0 aliphatic heterocycles. The lowest BCUT2D eigenvalue weighted by atomic mass is 9.81. The van der Waals surface area contributed by atoms with Gasteiger partial charge in [-0.25, -0.2) is 0 Å². The standard InChI is InChI=1S/C57H43N/c1-57(2)51-33-16-15-28-50(51)55-49(31-18-34-52(55)57)48-32-19-35-53(54(48)44-26-13-6-14-27-44)58(45-38-36-41(37-39-45)40-20-7-3-8-21-40)56-46(42-22-9-4-10-23-42)29-17-30-47(56)43-24-11-5-12-25-43/h3-39H,1-2H3. The van der Waals surface area contributed by atoms with Gasteiger partial charge in [-0.1, -0.05) is 220 Å². The molecule has 0 amide bonds. The summed E-state index contributed by atoms with van der Waals surface area (Å²) in [7, 11) is 0. The molecule has 0 saturated heterocycles. The zero-order chi connectivity index (χ0) is 39.1. The van der Waals surface area contributed by atoms with Gasteiger partial charge in [-0.05, 0) is 79.4 Å². The van der Waals surface area contributed by atoms with Crippen LogP contribution in [0.2, 0.25) is 0 Å². The van der Waals surface area contributed by atoms with Gasteiger partial charge in [0.15, 0.2) is 0 Å². The third-order valence-corrected chi connectivity index (χ3v) is 11.9. The molecule has 0 fully saturated rings. The van der Waals surface area contributed by atoms with Crippen molar-refractivity contribution in [3.05, 3.63) is 236 Å². The molecule has 9 aromatic rings. The van der Waals surface area contributed by atoms with Crippen molar-refractivity contribution in [3.8, 4) is 66.8 Å². The van der Waals surface area contributed by atoms with Crippen molar-refractivity contribution in [2.75, 3.05) is 4.90 Å². The second kappa shape index (κ2) is 14.7. The fraction of sp³-hybridized carbons (Fsp3) is 0.0526. The number of rotatable bonds is 8. The average Bonchev–Trinajstić information content (AvgIpc) is 3.53. The first-order chi connectivity index (χ1) is 28.6. The number of hydrogen-bond donors (Lipinski definition) is 0. The monoisotopic (exact) mass is 741 g/mol. The third-order valence-electron chi connectivity index (χ3n) is 11.9. The van der Waals surface area contributed by atoms with Crippen LogP contribution in [-0.4, -0.2) is 0 Å². The largest absolute Gasteiger partial charge is 0.309 e. The average molecular weight is 742 g/mol.